The number of imidazole rings is 1. The lowest BCUT2D eigenvalue weighted by atomic mass is 10.2. The average Bonchev–Trinajstić information content (AvgIpc) is 3.21. The first kappa shape index (κ1) is 17.5. The number of nitrogens with two attached hydrogens (primary N) is 1. The maximum absolute atomic E-state index is 13.9. The molecule has 1 saturated heterocycles. The zero-order valence-electron chi connectivity index (χ0n) is 13.7. The van der Waals surface area contributed by atoms with Crippen molar-refractivity contribution in [2.75, 3.05) is 6.54 Å². The Hall–Kier alpha value is -2.34. The standard InChI is InChI=1S/C13H18FN7O3S/c1-8-16-12(7-19(8)2)25(23,24)21-4-9(14)3-10(21)5-20-6-11(13(15)22)17-18-20/h6-7,9-10H,3-5H2,1-2H3,(H2,15,22)/t9-,10-/m0/s1. The molecule has 2 N–H and O–H groups in total. The first-order valence-corrected chi connectivity index (χ1v) is 8.98. The van der Waals surface area contributed by atoms with Gasteiger partial charge in [0.1, 0.15) is 12.0 Å². The van der Waals surface area contributed by atoms with E-state index in [-0.39, 0.29) is 30.2 Å². The number of carbonyl (C=O) groups is 1. The van der Waals surface area contributed by atoms with Crippen LogP contribution in [-0.4, -0.2) is 61.9 Å². The zero-order chi connectivity index (χ0) is 18.4. The van der Waals surface area contributed by atoms with Crippen LogP contribution in [-0.2, 0) is 23.6 Å². The summed E-state index contributed by atoms with van der Waals surface area (Å²) in [7, 11) is -2.26. The van der Waals surface area contributed by atoms with Gasteiger partial charge in [-0.05, 0) is 13.3 Å². The summed E-state index contributed by atoms with van der Waals surface area (Å²) in [5, 5.41) is 7.21. The Kier molecular flexibility index (Phi) is 4.33. The molecule has 0 spiro atoms. The Morgan fingerprint density at radius 2 is 2.16 bits per heavy atom. The summed E-state index contributed by atoms with van der Waals surface area (Å²) in [6, 6.07) is -0.662. The molecule has 1 aliphatic heterocycles. The molecule has 0 radical (unpaired) electrons. The van der Waals surface area contributed by atoms with Gasteiger partial charge in [-0.3, -0.25) is 9.48 Å². The minimum Gasteiger partial charge on any atom is -0.364 e. The lowest BCUT2D eigenvalue weighted by Crippen LogP contribution is -2.38. The van der Waals surface area contributed by atoms with E-state index in [4.69, 9.17) is 5.73 Å². The number of aryl methyl sites for hydroxylation is 2. The lowest BCUT2D eigenvalue weighted by Gasteiger charge is -2.22. The molecule has 1 fully saturated rings. The van der Waals surface area contributed by atoms with Crippen LogP contribution >= 0.6 is 0 Å². The second-order valence-electron chi connectivity index (χ2n) is 5.99. The molecule has 0 aromatic carbocycles. The van der Waals surface area contributed by atoms with Crippen LogP contribution in [0.1, 0.15) is 22.7 Å². The van der Waals surface area contributed by atoms with Crippen LogP contribution in [0.25, 0.3) is 0 Å². The summed E-state index contributed by atoms with van der Waals surface area (Å²) < 4.78 is 43.5. The normalized spacial score (nSPS) is 21.7. The summed E-state index contributed by atoms with van der Waals surface area (Å²) in [6.45, 7) is 1.49. The Bertz CT molecular complexity index is 887. The van der Waals surface area contributed by atoms with Crippen molar-refractivity contribution in [1.82, 2.24) is 28.9 Å². The molecule has 3 rings (SSSR count). The minimum atomic E-state index is -3.94. The largest absolute Gasteiger partial charge is 0.364 e. The van der Waals surface area contributed by atoms with Gasteiger partial charge in [-0.15, -0.1) is 5.10 Å². The summed E-state index contributed by atoms with van der Waals surface area (Å²) in [5.41, 5.74) is 5.08. The number of alkyl halides is 1. The molecule has 10 nitrogen and oxygen atoms in total. The molecule has 1 amide bonds. The number of sulfonamides is 1. The highest BCUT2D eigenvalue weighted by Crippen LogP contribution is 2.28. The van der Waals surface area contributed by atoms with Gasteiger partial charge in [0.15, 0.2) is 10.7 Å². The predicted molar refractivity (Wildman–Crippen MR) is 83.7 cm³/mol. The lowest BCUT2D eigenvalue weighted by molar-refractivity contribution is 0.0995. The Labute approximate surface area is 143 Å². The van der Waals surface area contributed by atoms with Gasteiger partial charge in [0, 0.05) is 25.8 Å². The van der Waals surface area contributed by atoms with Gasteiger partial charge in [0.25, 0.3) is 15.9 Å². The highest BCUT2D eigenvalue weighted by Gasteiger charge is 2.42. The molecule has 0 saturated carbocycles. The van der Waals surface area contributed by atoms with Crippen molar-refractivity contribution in [3.63, 3.8) is 0 Å². The fourth-order valence-electron chi connectivity index (χ4n) is 2.78. The highest BCUT2D eigenvalue weighted by molar-refractivity contribution is 7.89. The van der Waals surface area contributed by atoms with Gasteiger partial charge in [-0.25, -0.2) is 17.8 Å². The van der Waals surface area contributed by atoms with Crippen LogP contribution in [0, 0.1) is 6.92 Å². The van der Waals surface area contributed by atoms with Crippen LogP contribution in [0.15, 0.2) is 17.4 Å². The van der Waals surface area contributed by atoms with E-state index < -0.39 is 28.1 Å². The van der Waals surface area contributed by atoms with Gasteiger partial charge in [-0.1, -0.05) is 5.21 Å². The van der Waals surface area contributed by atoms with Gasteiger partial charge in [0.2, 0.25) is 0 Å². The van der Waals surface area contributed by atoms with Gasteiger partial charge in [0.05, 0.1) is 12.7 Å². The van der Waals surface area contributed by atoms with Crippen molar-refractivity contribution < 1.29 is 17.6 Å². The summed E-state index contributed by atoms with van der Waals surface area (Å²) in [4.78, 5) is 15.1. The van der Waals surface area contributed by atoms with E-state index in [9.17, 15) is 17.6 Å². The minimum absolute atomic E-state index is 0.0246. The van der Waals surface area contributed by atoms with Crippen LogP contribution in [0.2, 0.25) is 0 Å². The van der Waals surface area contributed by atoms with E-state index in [0.29, 0.717) is 5.82 Å². The average molecular weight is 371 g/mol. The molecular formula is C13H18FN7O3S. The third kappa shape index (κ3) is 3.26. The number of rotatable bonds is 5. The summed E-state index contributed by atoms with van der Waals surface area (Å²) >= 11 is 0. The van der Waals surface area contributed by atoms with Crippen LogP contribution in [0.3, 0.4) is 0 Å². The number of hydrogen-bond acceptors (Lipinski definition) is 6. The molecule has 2 aromatic heterocycles. The van der Waals surface area contributed by atoms with E-state index >= 15 is 0 Å². The number of halogens is 1. The molecule has 0 unspecified atom stereocenters. The third-order valence-corrected chi connectivity index (χ3v) is 5.95. The Morgan fingerprint density at radius 1 is 1.44 bits per heavy atom. The van der Waals surface area contributed by atoms with Crippen molar-refractivity contribution in [2.45, 2.75) is 37.1 Å². The molecule has 1 aliphatic rings. The summed E-state index contributed by atoms with van der Waals surface area (Å²) in [6.07, 6.45) is 1.44. The van der Waals surface area contributed by atoms with Crippen LogP contribution in [0.4, 0.5) is 4.39 Å². The highest BCUT2D eigenvalue weighted by atomic mass is 32.2. The van der Waals surface area contributed by atoms with E-state index in [1.807, 2.05) is 0 Å². The molecule has 2 aromatic rings. The van der Waals surface area contributed by atoms with Gasteiger partial charge < -0.3 is 10.3 Å². The molecule has 0 aliphatic carbocycles. The molecule has 0 bridgehead atoms. The first-order valence-electron chi connectivity index (χ1n) is 7.54. The van der Waals surface area contributed by atoms with E-state index in [1.165, 1.54) is 17.1 Å². The Balaban J connectivity index is 1.86. The van der Waals surface area contributed by atoms with Crippen molar-refractivity contribution in [3.8, 4) is 0 Å². The maximum Gasteiger partial charge on any atom is 0.270 e. The third-order valence-electron chi connectivity index (χ3n) is 4.16. The predicted octanol–water partition coefficient (Wildman–Crippen LogP) is -0.780. The maximum atomic E-state index is 13.9. The van der Waals surface area contributed by atoms with Gasteiger partial charge >= 0.3 is 0 Å². The molecule has 136 valence electrons. The zero-order valence-corrected chi connectivity index (χ0v) is 14.5. The number of aromatic nitrogens is 5. The number of nitrogens with zero attached hydrogens (tertiary/aromatic N) is 6. The quantitative estimate of drug-likeness (QED) is 0.734. The molecule has 3 heterocycles. The second kappa shape index (κ2) is 6.19. The molecule has 2 atom stereocenters. The van der Waals surface area contributed by atoms with Gasteiger partial charge in [-0.2, -0.15) is 4.31 Å². The second-order valence-corrected chi connectivity index (χ2v) is 7.83. The number of primary amides is 1. The smallest absolute Gasteiger partial charge is 0.270 e. The Morgan fingerprint density at radius 3 is 2.72 bits per heavy atom. The van der Waals surface area contributed by atoms with Crippen molar-refractivity contribution in [3.05, 3.63) is 23.9 Å². The fourth-order valence-corrected chi connectivity index (χ4v) is 4.46. The van der Waals surface area contributed by atoms with Crippen molar-refractivity contribution >= 4 is 15.9 Å². The molecule has 25 heavy (non-hydrogen) atoms. The fraction of sp³-hybridized carbons (Fsp3) is 0.538. The van der Waals surface area contributed by atoms with Crippen LogP contribution in [0.5, 0.6) is 0 Å². The monoisotopic (exact) mass is 371 g/mol. The number of hydrogen-bond donors (Lipinski definition) is 1. The summed E-state index contributed by atoms with van der Waals surface area (Å²) in [5.74, 6) is -0.206. The topological polar surface area (TPSA) is 129 Å². The molecule has 12 heteroatoms. The SMILES string of the molecule is Cc1nc(S(=O)(=O)N2C[C@@H](F)C[C@H]2Cn2cc(C(N)=O)nn2)cn1C. The first-order chi connectivity index (χ1) is 11.7. The van der Waals surface area contributed by atoms with Crippen molar-refractivity contribution in [1.29, 1.82) is 0 Å². The van der Waals surface area contributed by atoms with E-state index in [1.54, 1.807) is 18.5 Å². The van der Waals surface area contributed by atoms with Crippen LogP contribution < -0.4 is 5.73 Å². The number of amides is 1. The van der Waals surface area contributed by atoms with Crippen molar-refractivity contribution in [2.24, 2.45) is 12.8 Å². The van der Waals surface area contributed by atoms with E-state index in [0.717, 1.165) is 4.31 Å². The number of carbonyl (C=O) groups excluding carboxylic acids is 1. The molecular weight excluding hydrogens is 353 g/mol. The van der Waals surface area contributed by atoms with E-state index in [2.05, 4.69) is 15.3 Å².